The summed E-state index contributed by atoms with van der Waals surface area (Å²) in [4.78, 5) is 14.1. The zero-order chi connectivity index (χ0) is 12.2. The van der Waals surface area contributed by atoms with Crippen LogP contribution in [0.25, 0.3) is 0 Å². The Morgan fingerprint density at radius 3 is 2.75 bits per heavy atom. The summed E-state index contributed by atoms with van der Waals surface area (Å²) >= 11 is 1.06. The predicted molar refractivity (Wildman–Crippen MR) is 64.8 cm³/mol. The van der Waals surface area contributed by atoms with Gasteiger partial charge in [-0.3, -0.25) is 4.79 Å². The van der Waals surface area contributed by atoms with Crippen LogP contribution in [-0.2, 0) is 14.8 Å². The topological polar surface area (TPSA) is 79.4 Å². The summed E-state index contributed by atoms with van der Waals surface area (Å²) in [6, 6.07) is 3.03. The zero-order valence-electron chi connectivity index (χ0n) is 8.75. The van der Waals surface area contributed by atoms with Crippen LogP contribution in [0.4, 0.5) is 11.5 Å². The third kappa shape index (κ3) is 3.11. The van der Waals surface area contributed by atoms with Gasteiger partial charge < -0.3 is 5.32 Å². The molecular formula is C8H11N3O3S2. The molecule has 6 nitrogen and oxygen atoms in total. The minimum Gasteiger partial charge on any atom is -0.313 e. The first kappa shape index (κ1) is 12.8. The molecule has 0 atom stereocenters. The second-order valence-corrected chi connectivity index (χ2v) is 5.63. The number of carbonyl (C=O) groups is 1. The van der Waals surface area contributed by atoms with Crippen LogP contribution in [0.15, 0.2) is 18.3 Å². The lowest BCUT2D eigenvalue weighted by Crippen LogP contribution is -2.22. The molecule has 0 spiro atoms. The standard InChI is InChI=1S/C8H11N3O3S2/c1-15-11(16(2,13)14)7-3-4-9-8(5-7)10-6-12/h3-6H,1-2H3,(H,9,10,12). The van der Waals surface area contributed by atoms with Gasteiger partial charge in [0.05, 0.1) is 11.9 Å². The van der Waals surface area contributed by atoms with Gasteiger partial charge in [-0.25, -0.2) is 17.1 Å². The highest BCUT2D eigenvalue weighted by Crippen LogP contribution is 2.25. The van der Waals surface area contributed by atoms with Crippen LogP contribution in [0, 0.1) is 0 Å². The van der Waals surface area contributed by atoms with Gasteiger partial charge in [0.15, 0.2) is 0 Å². The molecule has 1 amide bonds. The maximum absolute atomic E-state index is 11.4. The summed E-state index contributed by atoms with van der Waals surface area (Å²) < 4.78 is 24.0. The Bertz CT molecular complexity index is 475. The zero-order valence-corrected chi connectivity index (χ0v) is 10.4. The van der Waals surface area contributed by atoms with Gasteiger partial charge in [-0.2, -0.15) is 0 Å². The van der Waals surface area contributed by atoms with Crippen molar-refractivity contribution in [2.45, 2.75) is 0 Å². The summed E-state index contributed by atoms with van der Waals surface area (Å²) in [6.45, 7) is 0. The number of pyridine rings is 1. The van der Waals surface area contributed by atoms with Gasteiger partial charge >= 0.3 is 0 Å². The van der Waals surface area contributed by atoms with E-state index in [1.807, 2.05) is 0 Å². The number of nitrogens with one attached hydrogen (secondary N) is 1. The lowest BCUT2D eigenvalue weighted by Gasteiger charge is -2.18. The van der Waals surface area contributed by atoms with Crippen molar-refractivity contribution >= 4 is 39.9 Å². The van der Waals surface area contributed by atoms with Gasteiger partial charge in [0.2, 0.25) is 16.4 Å². The van der Waals surface area contributed by atoms with Gasteiger partial charge in [0.1, 0.15) is 5.82 Å². The van der Waals surface area contributed by atoms with Gasteiger partial charge in [-0.05, 0) is 18.0 Å². The molecule has 1 aromatic heterocycles. The van der Waals surface area contributed by atoms with Gasteiger partial charge in [0, 0.05) is 18.5 Å². The summed E-state index contributed by atoms with van der Waals surface area (Å²) in [5.74, 6) is 0.301. The molecule has 1 N–H and O–H groups in total. The highest BCUT2D eigenvalue weighted by molar-refractivity contribution is 8.14. The van der Waals surface area contributed by atoms with Crippen molar-refractivity contribution in [1.82, 2.24) is 4.98 Å². The van der Waals surface area contributed by atoms with E-state index in [0.29, 0.717) is 17.9 Å². The second kappa shape index (κ2) is 5.17. The van der Waals surface area contributed by atoms with E-state index in [2.05, 4.69) is 10.3 Å². The Morgan fingerprint density at radius 2 is 2.25 bits per heavy atom. The number of carbonyl (C=O) groups excluding carboxylic acids is 1. The fraction of sp³-hybridized carbons (Fsp3) is 0.250. The Labute approximate surface area is 98.2 Å². The number of hydrogen-bond acceptors (Lipinski definition) is 5. The van der Waals surface area contributed by atoms with Gasteiger partial charge in [-0.15, -0.1) is 0 Å². The second-order valence-electron chi connectivity index (χ2n) is 2.83. The molecule has 1 heterocycles. The number of nitrogens with zero attached hydrogens (tertiary/aromatic N) is 2. The largest absolute Gasteiger partial charge is 0.313 e. The normalized spacial score (nSPS) is 10.9. The van der Waals surface area contributed by atoms with Crippen LogP contribution in [0.5, 0.6) is 0 Å². The first-order valence-corrected chi connectivity index (χ1v) is 7.22. The monoisotopic (exact) mass is 261 g/mol. The average Bonchev–Trinajstić information content (AvgIpc) is 2.17. The van der Waals surface area contributed by atoms with Crippen molar-refractivity contribution in [3.63, 3.8) is 0 Å². The number of hydrogen-bond donors (Lipinski definition) is 1. The number of amides is 1. The van der Waals surface area contributed by atoms with Gasteiger partial charge in [0.25, 0.3) is 0 Å². The lowest BCUT2D eigenvalue weighted by atomic mass is 10.4. The molecule has 8 heteroatoms. The summed E-state index contributed by atoms with van der Waals surface area (Å²) in [7, 11) is -3.35. The van der Waals surface area contributed by atoms with Crippen LogP contribution in [0.1, 0.15) is 0 Å². The number of sulfonamides is 1. The Kier molecular flexibility index (Phi) is 4.13. The van der Waals surface area contributed by atoms with E-state index < -0.39 is 10.0 Å². The number of rotatable bonds is 5. The minimum atomic E-state index is -3.35. The molecule has 0 saturated heterocycles. The molecule has 0 unspecified atom stereocenters. The van der Waals surface area contributed by atoms with E-state index in [0.717, 1.165) is 21.9 Å². The average molecular weight is 261 g/mol. The van der Waals surface area contributed by atoms with E-state index in [1.54, 1.807) is 12.3 Å². The van der Waals surface area contributed by atoms with Crippen molar-refractivity contribution in [2.24, 2.45) is 0 Å². The predicted octanol–water partition coefficient (Wildman–Crippen LogP) is 0.694. The third-order valence-corrected chi connectivity index (χ3v) is 4.24. The quantitative estimate of drug-likeness (QED) is 0.623. The molecular weight excluding hydrogens is 250 g/mol. The van der Waals surface area contributed by atoms with Crippen LogP contribution >= 0.6 is 11.9 Å². The highest BCUT2D eigenvalue weighted by atomic mass is 32.3. The van der Waals surface area contributed by atoms with E-state index in [1.165, 1.54) is 12.3 Å². The van der Waals surface area contributed by atoms with Crippen LogP contribution < -0.4 is 9.03 Å². The third-order valence-electron chi connectivity index (χ3n) is 1.63. The van der Waals surface area contributed by atoms with Crippen LogP contribution in [0.2, 0.25) is 0 Å². The number of aromatic nitrogens is 1. The molecule has 88 valence electrons. The molecule has 0 saturated carbocycles. The van der Waals surface area contributed by atoms with Crippen molar-refractivity contribution in [1.29, 1.82) is 0 Å². The van der Waals surface area contributed by atoms with Crippen molar-refractivity contribution in [3.8, 4) is 0 Å². The molecule has 0 fully saturated rings. The minimum absolute atomic E-state index is 0.301. The number of anilines is 2. The molecule has 0 aliphatic carbocycles. The Hall–Kier alpha value is -1.28. The smallest absolute Gasteiger partial charge is 0.241 e. The van der Waals surface area contributed by atoms with Crippen molar-refractivity contribution in [3.05, 3.63) is 18.3 Å². The summed E-state index contributed by atoms with van der Waals surface area (Å²) in [5.41, 5.74) is 0.439. The van der Waals surface area contributed by atoms with E-state index in [9.17, 15) is 13.2 Å². The van der Waals surface area contributed by atoms with Crippen molar-refractivity contribution < 1.29 is 13.2 Å². The van der Waals surface area contributed by atoms with E-state index in [4.69, 9.17) is 0 Å². The Balaban J connectivity index is 3.11. The molecule has 0 radical (unpaired) electrons. The molecule has 16 heavy (non-hydrogen) atoms. The molecule has 1 aromatic rings. The molecule has 1 rings (SSSR count). The van der Waals surface area contributed by atoms with E-state index in [-0.39, 0.29) is 0 Å². The molecule has 0 bridgehead atoms. The van der Waals surface area contributed by atoms with Gasteiger partial charge in [-0.1, -0.05) is 0 Å². The fourth-order valence-electron chi connectivity index (χ4n) is 1.10. The van der Waals surface area contributed by atoms with Crippen LogP contribution in [-0.4, -0.2) is 32.3 Å². The van der Waals surface area contributed by atoms with E-state index >= 15 is 0 Å². The molecule has 0 aliphatic rings. The lowest BCUT2D eigenvalue weighted by molar-refractivity contribution is -0.105. The van der Waals surface area contributed by atoms with Crippen molar-refractivity contribution in [2.75, 3.05) is 21.5 Å². The highest BCUT2D eigenvalue weighted by Gasteiger charge is 2.16. The maximum Gasteiger partial charge on any atom is 0.241 e. The molecule has 0 aliphatic heterocycles. The molecule has 0 aromatic carbocycles. The maximum atomic E-state index is 11.4. The van der Waals surface area contributed by atoms with Crippen LogP contribution in [0.3, 0.4) is 0 Å². The summed E-state index contributed by atoms with van der Waals surface area (Å²) in [5, 5.41) is 2.36. The SMILES string of the molecule is CSN(c1ccnc(NC=O)c1)S(C)(=O)=O. The fourth-order valence-corrected chi connectivity index (χ4v) is 3.01. The Morgan fingerprint density at radius 1 is 1.56 bits per heavy atom. The summed E-state index contributed by atoms with van der Waals surface area (Å²) in [6.07, 6.45) is 4.66. The first-order valence-electron chi connectivity index (χ1n) is 4.19. The first-order chi connectivity index (χ1) is 7.49.